The zero-order valence-corrected chi connectivity index (χ0v) is 28.4. The van der Waals surface area contributed by atoms with Crippen LogP contribution in [-0.2, 0) is 22.5 Å². The van der Waals surface area contributed by atoms with Gasteiger partial charge in [-0.15, -0.1) is 0 Å². The summed E-state index contributed by atoms with van der Waals surface area (Å²) in [5.41, 5.74) is 2.41. The highest BCUT2D eigenvalue weighted by atomic mass is 35.5. The number of rotatable bonds is 8. The maximum atomic E-state index is 14.6. The van der Waals surface area contributed by atoms with Crippen molar-refractivity contribution in [3.05, 3.63) is 63.8 Å². The van der Waals surface area contributed by atoms with Gasteiger partial charge in [-0.1, -0.05) is 31.5 Å². The number of fused-ring (bicyclic) bond motifs is 1. The van der Waals surface area contributed by atoms with Gasteiger partial charge < -0.3 is 25.1 Å². The molecule has 2 N–H and O–H groups in total. The number of nitrogens with one attached hydrogen (secondary N) is 2. The largest absolute Gasteiger partial charge is 0.482 e. The lowest BCUT2D eigenvalue weighted by atomic mass is 9.91. The zero-order valence-electron chi connectivity index (χ0n) is 27.7. The topological polar surface area (TPSA) is 145 Å². The molecule has 2 amide bonds. The van der Waals surface area contributed by atoms with Crippen molar-refractivity contribution in [1.29, 1.82) is 10.7 Å². The van der Waals surface area contributed by atoms with Crippen molar-refractivity contribution in [3.63, 3.8) is 0 Å². The summed E-state index contributed by atoms with van der Waals surface area (Å²) >= 11 is 5.87. The smallest absolute Gasteiger partial charge is 0.410 e. The van der Waals surface area contributed by atoms with Crippen molar-refractivity contribution in [3.8, 4) is 22.9 Å². The van der Waals surface area contributed by atoms with Gasteiger partial charge in [0.05, 0.1) is 34.2 Å². The Kier molecular flexibility index (Phi) is 10.2. The molecule has 3 aromatic rings. The minimum atomic E-state index is -0.626. The molecule has 48 heavy (non-hydrogen) atoms. The van der Waals surface area contributed by atoms with Crippen molar-refractivity contribution < 1.29 is 23.5 Å². The summed E-state index contributed by atoms with van der Waals surface area (Å²) in [4.78, 5) is 37.6. The van der Waals surface area contributed by atoms with Crippen LogP contribution in [0.4, 0.5) is 20.7 Å². The Morgan fingerprint density at radius 2 is 2.00 bits per heavy atom. The number of anilines is 2. The van der Waals surface area contributed by atoms with Gasteiger partial charge >= 0.3 is 6.09 Å². The van der Waals surface area contributed by atoms with E-state index in [2.05, 4.69) is 16.4 Å². The zero-order chi connectivity index (χ0) is 34.7. The second-order valence-corrected chi connectivity index (χ2v) is 13.8. The molecule has 5 rings (SSSR count). The SMILES string of the molecule is CC(C)Cc1nc(NC2CCN(C(=O)OC(C)(C)C)CC2)c(C=N)c(-c2ccc3c(c2)OCC(=O)N3Cc2ncc(Cl)cc2F)c1C#N. The standard InChI is InChI=1S/C35H39ClFN7O4/c1-20(2)12-27-24(15-38)32(25(16-39)33(42-27)41-23-8-10-43(11-9-23)34(46)48-35(3,4)5)21-6-7-29-30(13-21)47-19-31(45)44(29)18-28-26(37)14-22(36)17-40-28/h6-7,13-14,16-17,20,23,39H,8-12,18-19H2,1-5H3,(H,41,42). The highest BCUT2D eigenvalue weighted by Crippen LogP contribution is 2.40. The molecular weight excluding hydrogens is 637 g/mol. The van der Waals surface area contributed by atoms with E-state index in [0.29, 0.717) is 77.6 Å². The molecule has 11 nitrogen and oxygen atoms in total. The Hall–Kier alpha value is -4.76. The molecule has 2 aliphatic heterocycles. The Morgan fingerprint density at radius 3 is 2.62 bits per heavy atom. The number of likely N-dealkylation sites (tertiary alicyclic amines) is 1. The number of nitrogens with zero attached hydrogens (tertiary/aromatic N) is 5. The number of pyridine rings is 2. The molecule has 0 atom stereocenters. The van der Waals surface area contributed by atoms with Crippen molar-refractivity contribution >= 4 is 41.3 Å². The van der Waals surface area contributed by atoms with Gasteiger partial charge in [0.25, 0.3) is 5.91 Å². The van der Waals surface area contributed by atoms with Crippen LogP contribution in [0.3, 0.4) is 0 Å². The number of carbonyl (C=O) groups excluding carboxylic acids is 2. The minimum absolute atomic E-state index is 0.0316. The van der Waals surface area contributed by atoms with E-state index in [1.807, 2.05) is 34.6 Å². The fourth-order valence-electron chi connectivity index (χ4n) is 5.82. The molecular formula is C35H39ClFN7O4. The maximum absolute atomic E-state index is 14.6. The van der Waals surface area contributed by atoms with Gasteiger partial charge in [0, 0.05) is 42.7 Å². The number of aromatic nitrogens is 2. The third-order valence-electron chi connectivity index (χ3n) is 8.04. The Morgan fingerprint density at radius 1 is 1.27 bits per heavy atom. The van der Waals surface area contributed by atoms with Gasteiger partial charge in [-0.05, 0) is 69.7 Å². The molecule has 2 aromatic heterocycles. The molecule has 1 saturated heterocycles. The molecule has 0 bridgehead atoms. The van der Waals surface area contributed by atoms with Crippen LogP contribution >= 0.6 is 11.6 Å². The van der Waals surface area contributed by atoms with E-state index < -0.39 is 11.4 Å². The lowest BCUT2D eigenvalue weighted by Gasteiger charge is -2.34. The normalized spacial score (nSPS) is 15.1. The lowest BCUT2D eigenvalue weighted by Crippen LogP contribution is -2.44. The number of amides is 2. The maximum Gasteiger partial charge on any atom is 0.410 e. The van der Waals surface area contributed by atoms with Crippen molar-refractivity contribution in [2.45, 2.75) is 72.1 Å². The lowest BCUT2D eigenvalue weighted by molar-refractivity contribution is -0.121. The summed E-state index contributed by atoms with van der Waals surface area (Å²) in [7, 11) is 0. The quantitative estimate of drug-likeness (QED) is 0.250. The highest BCUT2D eigenvalue weighted by Gasteiger charge is 2.31. The van der Waals surface area contributed by atoms with Crippen molar-refractivity contribution in [2.75, 3.05) is 29.9 Å². The van der Waals surface area contributed by atoms with Crippen LogP contribution in [0.15, 0.2) is 30.5 Å². The number of hydrogen-bond acceptors (Lipinski definition) is 9. The van der Waals surface area contributed by atoms with Gasteiger partial charge in [0.2, 0.25) is 0 Å². The average Bonchev–Trinajstić information content (AvgIpc) is 3.02. The van der Waals surface area contributed by atoms with E-state index in [4.69, 9.17) is 31.5 Å². The minimum Gasteiger partial charge on any atom is -0.482 e. The number of ether oxygens (including phenoxy) is 2. The summed E-state index contributed by atoms with van der Waals surface area (Å²) in [5, 5.41) is 22.5. The van der Waals surface area contributed by atoms with Crippen molar-refractivity contribution in [1.82, 2.24) is 14.9 Å². The first-order chi connectivity index (χ1) is 22.8. The third kappa shape index (κ3) is 7.68. The fraction of sp³-hybridized carbons (Fsp3) is 0.429. The first-order valence-corrected chi connectivity index (χ1v) is 16.2. The highest BCUT2D eigenvalue weighted by molar-refractivity contribution is 6.30. The van der Waals surface area contributed by atoms with Crippen LogP contribution in [-0.4, -0.2) is 64.4 Å². The molecule has 0 radical (unpaired) electrons. The van der Waals surface area contributed by atoms with Crippen LogP contribution in [0, 0.1) is 28.5 Å². The monoisotopic (exact) mass is 675 g/mol. The van der Waals surface area contributed by atoms with Crippen LogP contribution in [0.5, 0.6) is 5.75 Å². The van der Waals surface area contributed by atoms with Crippen molar-refractivity contribution in [2.24, 2.45) is 5.92 Å². The summed E-state index contributed by atoms with van der Waals surface area (Å²) in [5.74, 6) is 0.0510. The van der Waals surface area contributed by atoms with Gasteiger partial charge in [-0.25, -0.2) is 14.2 Å². The molecule has 0 unspecified atom stereocenters. The summed E-state index contributed by atoms with van der Waals surface area (Å²) < 4.78 is 26.0. The number of nitriles is 1. The third-order valence-corrected chi connectivity index (χ3v) is 8.25. The number of piperidine rings is 1. The number of benzene rings is 1. The first kappa shape index (κ1) is 34.6. The predicted octanol–water partition coefficient (Wildman–Crippen LogP) is 6.74. The fourth-order valence-corrected chi connectivity index (χ4v) is 5.97. The summed E-state index contributed by atoms with van der Waals surface area (Å²) in [6.45, 7) is 10.2. The van der Waals surface area contributed by atoms with E-state index in [9.17, 15) is 19.2 Å². The molecule has 2 aliphatic rings. The van der Waals surface area contributed by atoms with Gasteiger partial charge in [0.1, 0.15) is 29.1 Å². The van der Waals surface area contributed by atoms with E-state index in [1.165, 1.54) is 17.3 Å². The van der Waals surface area contributed by atoms with Crippen LogP contribution in [0.1, 0.15) is 70.0 Å². The molecule has 13 heteroatoms. The van der Waals surface area contributed by atoms with E-state index in [1.54, 1.807) is 23.1 Å². The Bertz CT molecular complexity index is 1780. The first-order valence-electron chi connectivity index (χ1n) is 15.9. The Labute approximate surface area is 284 Å². The molecule has 1 fully saturated rings. The van der Waals surface area contributed by atoms with E-state index >= 15 is 0 Å². The molecule has 0 saturated carbocycles. The molecule has 252 valence electrons. The van der Waals surface area contributed by atoms with Gasteiger partial charge in [0.15, 0.2) is 6.61 Å². The second-order valence-electron chi connectivity index (χ2n) is 13.3. The second kappa shape index (κ2) is 14.2. The summed E-state index contributed by atoms with van der Waals surface area (Å²) in [6, 6.07) is 8.62. The molecule has 0 spiro atoms. The van der Waals surface area contributed by atoms with E-state index in [-0.39, 0.29) is 47.8 Å². The number of carbonyl (C=O) groups is 2. The average molecular weight is 676 g/mol. The van der Waals surface area contributed by atoms with E-state index in [0.717, 1.165) is 6.07 Å². The summed E-state index contributed by atoms with van der Waals surface area (Å²) in [6.07, 6.45) is 3.99. The van der Waals surface area contributed by atoms with Crippen LogP contribution in [0.25, 0.3) is 11.1 Å². The van der Waals surface area contributed by atoms with Crippen LogP contribution < -0.4 is 15.0 Å². The van der Waals surface area contributed by atoms with Gasteiger partial charge in [-0.3, -0.25) is 14.7 Å². The van der Waals surface area contributed by atoms with Gasteiger partial charge in [-0.2, -0.15) is 5.26 Å². The predicted molar refractivity (Wildman–Crippen MR) is 181 cm³/mol. The molecule has 1 aromatic carbocycles. The number of halogens is 2. The molecule has 4 heterocycles. The Balaban J connectivity index is 1.49. The van der Waals surface area contributed by atoms with Crippen LogP contribution in [0.2, 0.25) is 5.02 Å². The number of hydrogen-bond donors (Lipinski definition) is 2. The molecule has 0 aliphatic carbocycles.